The maximum atomic E-state index is 12.4. The highest BCUT2D eigenvalue weighted by Crippen LogP contribution is 2.23. The van der Waals surface area contributed by atoms with Crippen LogP contribution in [0.1, 0.15) is 17.5 Å². The van der Waals surface area contributed by atoms with E-state index in [1.54, 1.807) is 11.7 Å². The van der Waals surface area contributed by atoms with Crippen LogP contribution in [0, 0.1) is 13.8 Å². The molecule has 2 aromatic rings. The zero-order chi connectivity index (χ0) is 18.9. The highest BCUT2D eigenvalue weighted by Gasteiger charge is 2.32. The van der Waals surface area contributed by atoms with Gasteiger partial charge in [0.15, 0.2) is 9.84 Å². The molecule has 1 aliphatic rings. The van der Waals surface area contributed by atoms with Gasteiger partial charge in [0.1, 0.15) is 0 Å². The van der Waals surface area contributed by atoms with Gasteiger partial charge in [0, 0.05) is 13.1 Å². The molecule has 1 amide bonds. The summed E-state index contributed by atoms with van der Waals surface area (Å²) in [6.07, 6.45) is 0.496. The number of tetrazole rings is 1. The number of carbonyl (C=O) groups excluding carboxylic acids is 1. The summed E-state index contributed by atoms with van der Waals surface area (Å²) in [7, 11) is -1.37. The molecule has 1 saturated heterocycles. The maximum absolute atomic E-state index is 12.4. The third kappa shape index (κ3) is 4.07. The van der Waals surface area contributed by atoms with Crippen molar-refractivity contribution >= 4 is 27.5 Å². The van der Waals surface area contributed by atoms with Crippen molar-refractivity contribution in [3.63, 3.8) is 0 Å². The number of benzene rings is 1. The van der Waals surface area contributed by atoms with Crippen LogP contribution in [0.4, 0.5) is 0 Å². The Morgan fingerprint density at radius 3 is 2.81 bits per heavy atom. The summed E-state index contributed by atoms with van der Waals surface area (Å²) in [5.74, 6) is 0.207. The van der Waals surface area contributed by atoms with E-state index in [4.69, 9.17) is 0 Å². The van der Waals surface area contributed by atoms with Crippen molar-refractivity contribution in [3.8, 4) is 5.69 Å². The van der Waals surface area contributed by atoms with Gasteiger partial charge >= 0.3 is 0 Å². The third-order valence-electron chi connectivity index (χ3n) is 4.50. The molecule has 8 nitrogen and oxygen atoms in total. The fourth-order valence-electron chi connectivity index (χ4n) is 2.98. The van der Waals surface area contributed by atoms with E-state index in [9.17, 15) is 13.2 Å². The molecule has 140 valence electrons. The summed E-state index contributed by atoms with van der Waals surface area (Å²) in [6.45, 7) is 4.00. The highest BCUT2D eigenvalue weighted by molar-refractivity contribution is 7.99. The van der Waals surface area contributed by atoms with Crippen LogP contribution in [0.15, 0.2) is 23.4 Å². The molecule has 10 heteroatoms. The first kappa shape index (κ1) is 18.8. The Morgan fingerprint density at radius 1 is 1.38 bits per heavy atom. The fraction of sp³-hybridized carbons (Fsp3) is 0.500. The number of carbonyl (C=O) groups is 1. The number of amides is 1. The molecule has 1 aromatic carbocycles. The van der Waals surface area contributed by atoms with Gasteiger partial charge in [-0.25, -0.2) is 8.42 Å². The predicted molar refractivity (Wildman–Crippen MR) is 99.2 cm³/mol. The maximum Gasteiger partial charge on any atom is 0.233 e. The molecule has 1 atom stereocenters. The largest absolute Gasteiger partial charge is 0.341 e. The van der Waals surface area contributed by atoms with Crippen molar-refractivity contribution in [2.24, 2.45) is 0 Å². The van der Waals surface area contributed by atoms with Crippen molar-refractivity contribution in [3.05, 3.63) is 29.3 Å². The number of sulfone groups is 1. The summed E-state index contributed by atoms with van der Waals surface area (Å²) in [4.78, 5) is 14.0. The van der Waals surface area contributed by atoms with Gasteiger partial charge in [-0.1, -0.05) is 29.5 Å². The van der Waals surface area contributed by atoms with E-state index in [0.29, 0.717) is 11.6 Å². The first-order chi connectivity index (χ1) is 12.3. The first-order valence-electron chi connectivity index (χ1n) is 8.22. The van der Waals surface area contributed by atoms with E-state index < -0.39 is 9.84 Å². The van der Waals surface area contributed by atoms with Crippen molar-refractivity contribution < 1.29 is 13.2 Å². The lowest BCUT2D eigenvalue weighted by atomic mass is 10.1. The normalized spacial score (nSPS) is 18.8. The number of hydrogen-bond donors (Lipinski definition) is 0. The second-order valence-corrected chi connectivity index (χ2v) is 9.68. The van der Waals surface area contributed by atoms with Crippen LogP contribution in [0.2, 0.25) is 0 Å². The van der Waals surface area contributed by atoms with Crippen LogP contribution in [0.3, 0.4) is 0 Å². The van der Waals surface area contributed by atoms with Crippen LogP contribution in [0.5, 0.6) is 0 Å². The standard InChI is InChI=1S/C16H21N5O3S2/c1-11-4-5-14(12(2)8-11)21-16(17-18-19-21)25-9-15(22)20(3)13-6-7-26(23,24)10-13/h4-5,8,13H,6-7,9-10H2,1-3H3. The number of aromatic nitrogens is 4. The monoisotopic (exact) mass is 395 g/mol. The van der Waals surface area contributed by atoms with Gasteiger partial charge in [-0.05, 0) is 42.3 Å². The minimum atomic E-state index is -3.02. The number of aryl methyl sites for hydroxylation is 2. The van der Waals surface area contributed by atoms with Crippen LogP contribution in [-0.4, -0.2) is 69.8 Å². The lowest BCUT2D eigenvalue weighted by molar-refractivity contribution is -0.128. The van der Waals surface area contributed by atoms with E-state index in [1.807, 2.05) is 32.0 Å². The molecule has 1 aliphatic heterocycles. The molecule has 0 saturated carbocycles. The van der Waals surface area contributed by atoms with Gasteiger partial charge in [-0.15, -0.1) is 5.10 Å². The van der Waals surface area contributed by atoms with Crippen LogP contribution < -0.4 is 0 Å². The quantitative estimate of drug-likeness (QED) is 0.697. The van der Waals surface area contributed by atoms with Crippen LogP contribution in [0.25, 0.3) is 5.69 Å². The summed E-state index contributed by atoms with van der Waals surface area (Å²) >= 11 is 1.24. The molecule has 2 heterocycles. The van der Waals surface area contributed by atoms with Gasteiger partial charge in [0.2, 0.25) is 11.1 Å². The summed E-state index contributed by atoms with van der Waals surface area (Å²) in [5.41, 5.74) is 3.06. The number of thioether (sulfide) groups is 1. The predicted octanol–water partition coefficient (Wildman–Crippen LogP) is 1.02. The molecule has 0 N–H and O–H groups in total. The molecule has 3 rings (SSSR count). The second-order valence-electron chi connectivity index (χ2n) is 6.51. The topological polar surface area (TPSA) is 98.1 Å². The molecule has 0 radical (unpaired) electrons. The van der Waals surface area contributed by atoms with Gasteiger partial charge in [-0.3, -0.25) is 4.79 Å². The van der Waals surface area contributed by atoms with Crippen molar-refractivity contribution in [2.45, 2.75) is 31.5 Å². The Bertz CT molecular complexity index is 926. The molecule has 0 aliphatic carbocycles. The molecule has 1 fully saturated rings. The summed E-state index contributed by atoms with van der Waals surface area (Å²) < 4.78 is 24.8. The van der Waals surface area contributed by atoms with Gasteiger partial charge < -0.3 is 4.90 Å². The Morgan fingerprint density at radius 2 is 2.15 bits per heavy atom. The van der Waals surface area contributed by atoms with Gasteiger partial charge in [0.25, 0.3) is 0 Å². The van der Waals surface area contributed by atoms with Crippen molar-refractivity contribution in [1.29, 1.82) is 0 Å². The summed E-state index contributed by atoms with van der Waals surface area (Å²) in [6, 6.07) is 5.73. The SMILES string of the molecule is Cc1ccc(-n2nnnc2SCC(=O)N(C)C2CCS(=O)(=O)C2)c(C)c1. The second kappa shape index (κ2) is 7.36. The molecule has 1 aromatic heterocycles. The van der Waals surface area contributed by atoms with Crippen LogP contribution in [-0.2, 0) is 14.6 Å². The van der Waals surface area contributed by atoms with E-state index in [0.717, 1.165) is 16.8 Å². The zero-order valence-electron chi connectivity index (χ0n) is 14.9. The van der Waals surface area contributed by atoms with Crippen molar-refractivity contribution in [1.82, 2.24) is 25.1 Å². The van der Waals surface area contributed by atoms with Gasteiger partial charge in [-0.2, -0.15) is 4.68 Å². The van der Waals surface area contributed by atoms with E-state index >= 15 is 0 Å². The van der Waals surface area contributed by atoms with E-state index in [1.165, 1.54) is 16.7 Å². The molecule has 0 spiro atoms. The number of rotatable bonds is 5. The molecule has 26 heavy (non-hydrogen) atoms. The summed E-state index contributed by atoms with van der Waals surface area (Å²) in [5, 5.41) is 12.3. The average Bonchev–Trinajstić information content (AvgIpc) is 3.18. The van der Waals surface area contributed by atoms with E-state index in [2.05, 4.69) is 15.5 Å². The Labute approximate surface area is 156 Å². The Kier molecular flexibility index (Phi) is 5.33. The lowest BCUT2D eigenvalue weighted by Crippen LogP contribution is -2.38. The minimum Gasteiger partial charge on any atom is -0.341 e. The first-order valence-corrected chi connectivity index (χ1v) is 11.0. The highest BCUT2D eigenvalue weighted by atomic mass is 32.2. The van der Waals surface area contributed by atoms with Crippen LogP contribution >= 0.6 is 11.8 Å². The molecule has 1 unspecified atom stereocenters. The number of nitrogens with zero attached hydrogens (tertiary/aromatic N) is 5. The third-order valence-corrected chi connectivity index (χ3v) is 7.15. The zero-order valence-corrected chi connectivity index (χ0v) is 16.5. The van der Waals surface area contributed by atoms with Gasteiger partial charge in [0.05, 0.1) is 22.9 Å². The molecular formula is C16H21N5O3S2. The average molecular weight is 396 g/mol. The lowest BCUT2D eigenvalue weighted by Gasteiger charge is -2.23. The van der Waals surface area contributed by atoms with Crippen molar-refractivity contribution in [2.75, 3.05) is 24.3 Å². The van der Waals surface area contributed by atoms with E-state index in [-0.39, 0.29) is 29.2 Å². The Balaban J connectivity index is 1.67. The number of hydrogen-bond acceptors (Lipinski definition) is 7. The molecule has 0 bridgehead atoms. The smallest absolute Gasteiger partial charge is 0.233 e. The minimum absolute atomic E-state index is 0.0419. The fourth-order valence-corrected chi connectivity index (χ4v) is 5.56. The Hall–Kier alpha value is -1.94. The molecular weight excluding hydrogens is 374 g/mol.